The summed E-state index contributed by atoms with van der Waals surface area (Å²) < 4.78 is 10.6. The minimum Gasteiger partial charge on any atom is -0.497 e. The molecular weight excluding hydrogens is 226 g/mol. The van der Waals surface area contributed by atoms with Crippen molar-refractivity contribution in [3.05, 3.63) is 23.8 Å². The van der Waals surface area contributed by atoms with Crippen molar-refractivity contribution < 1.29 is 9.47 Å². The van der Waals surface area contributed by atoms with Gasteiger partial charge in [-0.25, -0.2) is 0 Å². The van der Waals surface area contributed by atoms with Crippen LogP contribution in [0.15, 0.2) is 18.2 Å². The molecule has 100 valence electrons. The average Bonchev–Trinajstić information content (AvgIpc) is 3.24. The number of rotatable bonds is 7. The highest BCUT2D eigenvalue weighted by atomic mass is 16.5. The Morgan fingerprint density at radius 3 is 2.61 bits per heavy atom. The SMILES string of the molecule is CNC(CCc1ccc(OC)cc1OC)C1CC1. The van der Waals surface area contributed by atoms with E-state index in [9.17, 15) is 0 Å². The van der Waals surface area contributed by atoms with E-state index in [2.05, 4.69) is 18.4 Å². The second kappa shape index (κ2) is 6.10. The number of aryl methyl sites for hydroxylation is 1. The van der Waals surface area contributed by atoms with Crippen LogP contribution < -0.4 is 14.8 Å². The lowest BCUT2D eigenvalue weighted by Gasteiger charge is -2.16. The number of nitrogens with one attached hydrogen (secondary N) is 1. The molecule has 1 atom stereocenters. The maximum atomic E-state index is 5.43. The summed E-state index contributed by atoms with van der Waals surface area (Å²) in [5.74, 6) is 2.67. The van der Waals surface area contributed by atoms with Crippen molar-refractivity contribution >= 4 is 0 Å². The van der Waals surface area contributed by atoms with Gasteiger partial charge in [-0.1, -0.05) is 6.07 Å². The summed E-state index contributed by atoms with van der Waals surface area (Å²) in [6.45, 7) is 0. The Hall–Kier alpha value is -1.22. The van der Waals surface area contributed by atoms with Gasteiger partial charge in [-0.3, -0.25) is 0 Å². The van der Waals surface area contributed by atoms with Crippen LogP contribution in [0.25, 0.3) is 0 Å². The fraction of sp³-hybridized carbons (Fsp3) is 0.600. The Kier molecular flexibility index (Phi) is 4.48. The first-order chi connectivity index (χ1) is 8.78. The lowest BCUT2D eigenvalue weighted by Crippen LogP contribution is -2.27. The normalized spacial score (nSPS) is 16.4. The average molecular weight is 249 g/mol. The molecule has 1 aromatic carbocycles. The van der Waals surface area contributed by atoms with Gasteiger partial charge >= 0.3 is 0 Å². The second-order valence-corrected chi connectivity index (χ2v) is 4.95. The summed E-state index contributed by atoms with van der Waals surface area (Å²) in [5.41, 5.74) is 1.26. The first kappa shape index (κ1) is 13.2. The van der Waals surface area contributed by atoms with E-state index in [-0.39, 0.29) is 0 Å². The zero-order chi connectivity index (χ0) is 13.0. The predicted molar refractivity (Wildman–Crippen MR) is 73.4 cm³/mol. The van der Waals surface area contributed by atoms with Crippen LogP contribution in [-0.4, -0.2) is 27.3 Å². The van der Waals surface area contributed by atoms with E-state index in [1.54, 1.807) is 14.2 Å². The molecule has 1 fully saturated rings. The highest BCUT2D eigenvalue weighted by molar-refractivity contribution is 5.40. The van der Waals surface area contributed by atoms with Gasteiger partial charge in [-0.05, 0) is 50.3 Å². The van der Waals surface area contributed by atoms with Gasteiger partial charge in [-0.15, -0.1) is 0 Å². The topological polar surface area (TPSA) is 30.5 Å². The smallest absolute Gasteiger partial charge is 0.125 e. The van der Waals surface area contributed by atoms with Gasteiger partial charge in [-0.2, -0.15) is 0 Å². The van der Waals surface area contributed by atoms with Crippen LogP contribution in [0.1, 0.15) is 24.8 Å². The molecule has 1 aromatic rings. The number of hydrogen-bond acceptors (Lipinski definition) is 3. The summed E-state index contributed by atoms with van der Waals surface area (Å²) in [5, 5.41) is 3.43. The third kappa shape index (κ3) is 3.16. The Morgan fingerprint density at radius 2 is 2.06 bits per heavy atom. The molecule has 3 nitrogen and oxygen atoms in total. The molecule has 2 rings (SSSR count). The van der Waals surface area contributed by atoms with Gasteiger partial charge in [0.2, 0.25) is 0 Å². The standard InChI is InChI=1S/C15H23NO2/c1-16-14(11-4-5-11)9-7-12-6-8-13(17-2)10-15(12)18-3/h6,8,10-11,14,16H,4-5,7,9H2,1-3H3. The quantitative estimate of drug-likeness (QED) is 0.806. The highest BCUT2D eigenvalue weighted by Gasteiger charge is 2.29. The molecule has 0 aromatic heterocycles. The summed E-state index contributed by atoms with van der Waals surface area (Å²) in [6.07, 6.45) is 4.98. The lowest BCUT2D eigenvalue weighted by atomic mass is 10.0. The van der Waals surface area contributed by atoms with Crippen LogP contribution in [0.5, 0.6) is 11.5 Å². The first-order valence-electron chi connectivity index (χ1n) is 6.66. The van der Waals surface area contributed by atoms with Crippen molar-refractivity contribution in [1.82, 2.24) is 5.32 Å². The third-order valence-corrected chi connectivity index (χ3v) is 3.78. The van der Waals surface area contributed by atoms with Crippen LogP contribution >= 0.6 is 0 Å². The number of hydrogen-bond donors (Lipinski definition) is 1. The molecule has 0 amide bonds. The lowest BCUT2D eigenvalue weighted by molar-refractivity contribution is 0.388. The van der Waals surface area contributed by atoms with Crippen LogP contribution in [0.2, 0.25) is 0 Å². The number of methoxy groups -OCH3 is 2. The van der Waals surface area contributed by atoms with E-state index in [1.165, 1.54) is 24.8 Å². The van der Waals surface area contributed by atoms with Gasteiger partial charge in [0.05, 0.1) is 14.2 Å². The van der Waals surface area contributed by atoms with E-state index in [0.717, 1.165) is 23.8 Å². The summed E-state index contributed by atoms with van der Waals surface area (Å²) >= 11 is 0. The van der Waals surface area contributed by atoms with Gasteiger partial charge in [0, 0.05) is 12.1 Å². The molecule has 1 N–H and O–H groups in total. The highest BCUT2D eigenvalue weighted by Crippen LogP contribution is 2.35. The molecule has 1 aliphatic carbocycles. The Morgan fingerprint density at radius 1 is 1.28 bits per heavy atom. The minimum absolute atomic E-state index is 0.650. The maximum absolute atomic E-state index is 5.43. The molecule has 0 spiro atoms. The molecule has 0 bridgehead atoms. The Bertz CT molecular complexity index is 388. The fourth-order valence-corrected chi connectivity index (χ4v) is 2.48. The van der Waals surface area contributed by atoms with Crippen molar-refractivity contribution in [1.29, 1.82) is 0 Å². The molecule has 3 heteroatoms. The minimum atomic E-state index is 0.650. The Balaban J connectivity index is 1.99. The number of benzene rings is 1. The van der Waals surface area contributed by atoms with Crippen LogP contribution in [-0.2, 0) is 6.42 Å². The van der Waals surface area contributed by atoms with Crippen LogP contribution in [0.3, 0.4) is 0 Å². The van der Waals surface area contributed by atoms with E-state index in [0.29, 0.717) is 6.04 Å². The number of ether oxygens (including phenoxy) is 2. The summed E-state index contributed by atoms with van der Waals surface area (Å²) in [7, 11) is 5.46. The molecular formula is C15H23NO2. The first-order valence-corrected chi connectivity index (χ1v) is 6.66. The van der Waals surface area contributed by atoms with Gasteiger partial charge in [0.25, 0.3) is 0 Å². The molecule has 0 radical (unpaired) electrons. The van der Waals surface area contributed by atoms with Gasteiger partial charge in [0.1, 0.15) is 11.5 Å². The van der Waals surface area contributed by atoms with Crippen molar-refractivity contribution in [2.24, 2.45) is 5.92 Å². The molecule has 1 saturated carbocycles. The molecule has 0 heterocycles. The van der Waals surface area contributed by atoms with Crippen molar-refractivity contribution in [2.45, 2.75) is 31.7 Å². The maximum Gasteiger partial charge on any atom is 0.125 e. The molecule has 0 aliphatic heterocycles. The molecule has 18 heavy (non-hydrogen) atoms. The summed E-state index contributed by atoms with van der Waals surface area (Å²) in [6, 6.07) is 6.72. The van der Waals surface area contributed by atoms with Gasteiger partial charge in [0.15, 0.2) is 0 Å². The van der Waals surface area contributed by atoms with E-state index < -0.39 is 0 Å². The van der Waals surface area contributed by atoms with Crippen molar-refractivity contribution in [3.63, 3.8) is 0 Å². The van der Waals surface area contributed by atoms with Crippen molar-refractivity contribution in [2.75, 3.05) is 21.3 Å². The largest absolute Gasteiger partial charge is 0.497 e. The fourth-order valence-electron chi connectivity index (χ4n) is 2.48. The molecule has 0 saturated heterocycles. The second-order valence-electron chi connectivity index (χ2n) is 4.95. The van der Waals surface area contributed by atoms with Gasteiger partial charge < -0.3 is 14.8 Å². The van der Waals surface area contributed by atoms with E-state index in [1.807, 2.05) is 12.1 Å². The van der Waals surface area contributed by atoms with Crippen LogP contribution in [0, 0.1) is 5.92 Å². The molecule has 1 aliphatic rings. The van der Waals surface area contributed by atoms with E-state index in [4.69, 9.17) is 9.47 Å². The molecule has 1 unspecified atom stereocenters. The predicted octanol–water partition coefficient (Wildman–Crippen LogP) is 2.63. The van der Waals surface area contributed by atoms with Crippen LogP contribution in [0.4, 0.5) is 0 Å². The zero-order valence-electron chi connectivity index (χ0n) is 11.5. The van der Waals surface area contributed by atoms with E-state index >= 15 is 0 Å². The van der Waals surface area contributed by atoms with Crippen molar-refractivity contribution in [3.8, 4) is 11.5 Å². The Labute approximate surface area is 109 Å². The zero-order valence-corrected chi connectivity index (χ0v) is 11.5. The monoisotopic (exact) mass is 249 g/mol. The third-order valence-electron chi connectivity index (χ3n) is 3.78. The summed E-state index contributed by atoms with van der Waals surface area (Å²) in [4.78, 5) is 0.